The lowest BCUT2D eigenvalue weighted by Gasteiger charge is -2.18. The molecule has 0 radical (unpaired) electrons. The molecule has 2 aromatic rings. The van der Waals surface area contributed by atoms with E-state index < -0.39 is 35.4 Å². The molecule has 9 nitrogen and oxygen atoms in total. The third-order valence-corrected chi connectivity index (χ3v) is 3.30. The first-order valence-corrected chi connectivity index (χ1v) is 7.25. The Kier molecular flexibility index (Phi) is 5.38. The third-order valence-electron chi connectivity index (χ3n) is 3.30. The van der Waals surface area contributed by atoms with Gasteiger partial charge >= 0.3 is 18.2 Å². The summed E-state index contributed by atoms with van der Waals surface area (Å²) in [5.41, 5.74) is 2.56. The van der Waals surface area contributed by atoms with Crippen LogP contribution < -0.4 is 15.8 Å². The number of ether oxygens (including phenoxy) is 1. The summed E-state index contributed by atoms with van der Waals surface area (Å²) in [4.78, 5) is 36.2. The summed E-state index contributed by atoms with van der Waals surface area (Å²) in [6.07, 6.45) is -4.24. The molecule has 1 heterocycles. The molecule has 27 heavy (non-hydrogen) atoms. The summed E-state index contributed by atoms with van der Waals surface area (Å²) in [7, 11) is 2.46. The summed E-state index contributed by atoms with van der Waals surface area (Å²) in [5.74, 6) is -1.38. The van der Waals surface area contributed by atoms with Crippen LogP contribution in [0.25, 0.3) is 0 Å². The molecule has 0 saturated carbocycles. The van der Waals surface area contributed by atoms with Gasteiger partial charge < -0.3 is 15.8 Å². The van der Waals surface area contributed by atoms with Gasteiger partial charge in [0.2, 0.25) is 0 Å². The number of amides is 5. The number of aryl methyl sites for hydroxylation is 1. The van der Waals surface area contributed by atoms with E-state index in [0.717, 1.165) is 17.9 Å². The van der Waals surface area contributed by atoms with Crippen molar-refractivity contribution in [2.45, 2.75) is 6.18 Å². The van der Waals surface area contributed by atoms with Crippen molar-refractivity contribution in [1.82, 2.24) is 14.7 Å². The maximum absolute atomic E-state index is 13.1. The second-order valence-corrected chi connectivity index (χ2v) is 5.17. The molecule has 0 aliphatic carbocycles. The molecule has 144 valence electrons. The average molecular weight is 385 g/mol. The quantitative estimate of drug-likeness (QED) is 0.839. The number of aromatic nitrogens is 2. The monoisotopic (exact) mass is 385 g/mol. The van der Waals surface area contributed by atoms with Gasteiger partial charge in [-0.15, -0.1) is 0 Å². The minimum atomic E-state index is -4.98. The highest BCUT2D eigenvalue weighted by Crippen LogP contribution is 2.31. The van der Waals surface area contributed by atoms with Crippen molar-refractivity contribution in [3.63, 3.8) is 0 Å². The molecule has 0 aliphatic rings. The number of hydrogen-bond acceptors (Lipinski definition) is 5. The fourth-order valence-corrected chi connectivity index (χ4v) is 2.19. The van der Waals surface area contributed by atoms with Crippen LogP contribution in [0.15, 0.2) is 30.5 Å². The number of rotatable bonds is 3. The van der Waals surface area contributed by atoms with Crippen LogP contribution in [0.2, 0.25) is 0 Å². The summed E-state index contributed by atoms with van der Waals surface area (Å²) in [5, 5.41) is 5.35. The van der Waals surface area contributed by atoms with Crippen molar-refractivity contribution in [3.8, 4) is 5.75 Å². The third kappa shape index (κ3) is 4.16. The molecule has 0 bridgehead atoms. The summed E-state index contributed by atoms with van der Waals surface area (Å²) < 4.78 is 44.9. The van der Waals surface area contributed by atoms with Gasteiger partial charge in [0.1, 0.15) is 5.75 Å². The summed E-state index contributed by atoms with van der Waals surface area (Å²) in [6.45, 7) is 0. The van der Waals surface area contributed by atoms with Crippen molar-refractivity contribution >= 4 is 23.7 Å². The average Bonchev–Trinajstić information content (AvgIpc) is 2.97. The Morgan fingerprint density at radius 1 is 1.26 bits per heavy atom. The number of hydrogen-bond donors (Lipinski definition) is 2. The van der Waals surface area contributed by atoms with Crippen LogP contribution in [0, 0.1) is 0 Å². The number of methoxy groups -OCH3 is 1. The van der Waals surface area contributed by atoms with E-state index >= 15 is 0 Å². The minimum absolute atomic E-state index is 0.0753. The Bertz CT molecular complexity index is 894. The number of nitrogens with two attached hydrogens (primary N) is 1. The number of imide groups is 3. The lowest BCUT2D eigenvalue weighted by Crippen LogP contribution is -2.47. The van der Waals surface area contributed by atoms with E-state index in [1.165, 1.54) is 25.3 Å². The molecule has 0 saturated heterocycles. The zero-order valence-electron chi connectivity index (χ0n) is 14.1. The molecular formula is C15H14F3N5O4. The second-order valence-electron chi connectivity index (χ2n) is 5.17. The highest BCUT2D eigenvalue weighted by atomic mass is 19.4. The number of anilines is 1. The van der Waals surface area contributed by atoms with Crippen LogP contribution in [0.4, 0.5) is 28.4 Å². The predicted molar refractivity (Wildman–Crippen MR) is 86.0 cm³/mol. The van der Waals surface area contributed by atoms with Gasteiger partial charge in [0.15, 0.2) is 5.69 Å². The Morgan fingerprint density at radius 3 is 2.44 bits per heavy atom. The van der Waals surface area contributed by atoms with Crippen LogP contribution in [-0.2, 0) is 13.2 Å². The van der Waals surface area contributed by atoms with Crippen molar-refractivity contribution in [1.29, 1.82) is 0 Å². The standard InChI is InChI=1S/C15H14F3N5O4/c1-22-7-8(11(21-22)15(16,17)18)12(24)23(13(19)25)14(26)20-9-5-3-4-6-10(9)27-2/h3-7H,1-2H3,(H2,19,25)(H,20,26). The fraction of sp³-hybridized carbons (Fsp3) is 0.200. The molecule has 5 amide bonds. The van der Waals surface area contributed by atoms with Crippen molar-refractivity contribution < 1.29 is 32.3 Å². The maximum atomic E-state index is 13.1. The number of primary amides is 1. The lowest BCUT2D eigenvalue weighted by atomic mass is 10.2. The van der Waals surface area contributed by atoms with Gasteiger partial charge in [-0.1, -0.05) is 12.1 Å². The molecule has 1 aromatic heterocycles. The molecule has 12 heteroatoms. The second kappa shape index (κ2) is 7.35. The number of benzene rings is 1. The lowest BCUT2D eigenvalue weighted by molar-refractivity contribution is -0.141. The molecule has 0 fully saturated rings. The van der Waals surface area contributed by atoms with Crippen LogP contribution >= 0.6 is 0 Å². The molecule has 0 atom stereocenters. The van der Waals surface area contributed by atoms with Gasteiger partial charge in [0.05, 0.1) is 18.4 Å². The molecule has 0 unspecified atom stereocenters. The van der Waals surface area contributed by atoms with E-state index in [4.69, 9.17) is 10.5 Å². The highest BCUT2D eigenvalue weighted by Gasteiger charge is 2.42. The highest BCUT2D eigenvalue weighted by molar-refractivity contribution is 6.18. The predicted octanol–water partition coefficient (Wildman–Crippen LogP) is 2.20. The number of para-hydroxylation sites is 2. The van der Waals surface area contributed by atoms with Crippen LogP contribution in [-0.4, -0.2) is 39.8 Å². The van der Waals surface area contributed by atoms with Gasteiger partial charge in [-0.2, -0.15) is 23.2 Å². The van der Waals surface area contributed by atoms with Gasteiger partial charge in [0.25, 0.3) is 5.91 Å². The number of halogens is 3. The molecular weight excluding hydrogens is 371 g/mol. The van der Waals surface area contributed by atoms with E-state index in [1.807, 2.05) is 0 Å². The zero-order chi connectivity index (χ0) is 20.4. The van der Waals surface area contributed by atoms with E-state index in [1.54, 1.807) is 6.07 Å². The topological polar surface area (TPSA) is 120 Å². The van der Waals surface area contributed by atoms with Crippen LogP contribution in [0.5, 0.6) is 5.75 Å². The van der Waals surface area contributed by atoms with E-state index in [-0.39, 0.29) is 16.3 Å². The molecule has 3 N–H and O–H groups in total. The summed E-state index contributed by atoms with van der Waals surface area (Å²) in [6, 6.07) is 3.08. The zero-order valence-corrected chi connectivity index (χ0v) is 14.1. The van der Waals surface area contributed by atoms with E-state index in [9.17, 15) is 27.6 Å². The summed E-state index contributed by atoms with van der Waals surface area (Å²) >= 11 is 0. The fourth-order valence-electron chi connectivity index (χ4n) is 2.19. The van der Waals surface area contributed by atoms with Crippen LogP contribution in [0.1, 0.15) is 16.1 Å². The Labute approximate surface area is 150 Å². The molecule has 2 rings (SSSR count). The van der Waals surface area contributed by atoms with Gasteiger partial charge in [-0.25, -0.2) is 9.59 Å². The van der Waals surface area contributed by atoms with Crippen molar-refractivity contribution in [3.05, 3.63) is 41.7 Å². The number of alkyl halides is 3. The molecule has 1 aromatic carbocycles. The molecule has 0 aliphatic heterocycles. The number of nitrogens with zero attached hydrogens (tertiary/aromatic N) is 3. The number of carbonyl (C=O) groups is 3. The number of nitrogens with one attached hydrogen (secondary N) is 1. The first-order valence-electron chi connectivity index (χ1n) is 7.25. The minimum Gasteiger partial charge on any atom is -0.495 e. The largest absolute Gasteiger partial charge is 0.495 e. The number of carbonyl (C=O) groups excluding carboxylic acids is 3. The number of urea groups is 2. The maximum Gasteiger partial charge on any atom is 0.435 e. The Hall–Kier alpha value is -3.57. The first-order chi connectivity index (χ1) is 12.6. The van der Waals surface area contributed by atoms with Crippen molar-refractivity contribution in [2.24, 2.45) is 12.8 Å². The van der Waals surface area contributed by atoms with Gasteiger partial charge in [-0.05, 0) is 12.1 Å². The van der Waals surface area contributed by atoms with Crippen LogP contribution in [0.3, 0.4) is 0 Å². The first kappa shape index (κ1) is 19.8. The normalized spacial score (nSPS) is 11.0. The van der Waals surface area contributed by atoms with Gasteiger partial charge in [-0.3, -0.25) is 9.48 Å². The van der Waals surface area contributed by atoms with E-state index in [2.05, 4.69) is 10.4 Å². The van der Waals surface area contributed by atoms with E-state index in [0.29, 0.717) is 0 Å². The van der Waals surface area contributed by atoms with Gasteiger partial charge in [0, 0.05) is 13.2 Å². The molecule has 0 spiro atoms. The Morgan fingerprint density at radius 2 is 1.89 bits per heavy atom. The SMILES string of the molecule is COc1ccccc1NC(=O)N(C(N)=O)C(=O)c1cn(C)nc1C(F)(F)F. The van der Waals surface area contributed by atoms with Crippen molar-refractivity contribution in [2.75, 3.05) is 12.4 Å². The Balaban J connectivity index is 2.39. The smallest absolute Gasteiger partial charge is 0.435 e.